The molecule has 1 spiro atoms. The van der Waals surface area contributed by atoms with Gasteiger partial charge in [0, 0.05) is 19.5 Å². The van der Waals surface area contributed by atoms with E-state index in [0.29, 0.717) is 5.41 Å². The predicted octanol–water partition coefficient (Wildman–Crippen LogP) is 1.94. The van der Waals surface area contributed by atoms with Crippen molar-refractivity contribution in [3.05, 3.63) is 12.2 Å². The summed E-state index contributed by atoms with van der Waals surface area (Å²) in [4.78, 5) is 13.8. The Morgan fingerprint density at radius 1 is 1.35 bits per heavy atom. The third-order valence-electron chi connectivity index (χ3n) is 4.10. The summed E-state index contributed by atoms with van der Waals surface area (Å²) in [6.45, 7) is 6.48. The van der Waals surface area contributed by atoms with Crippen molar-refractivity contribution in [3.8, 4) is 0 Å². The van der Waals surface area contributed by atoms with Crippen LogP contribution in [-0.4, -0.2) is 37.0 Å². The van der Waals surface area contributed by atoms with Crippen LogP contribution in [-0.2, 0) is 4.79 Å². The van der Waals surface area contributed by atoms with Crippen molar-refractivity contribution in [1.82, 2.24) is 10.2 Å². The van der Waals surface area contributed by atoms with Gasteiger partial charge in [-0.15, -0.1) is 0 Å². The third kappa shape index (κ3) is 3.32. The molecule has 2 aliphatic heterocycles. The zero-order chi connectivity index (χ0) is 12.1. The maximum absolute atomic E-state index is 11.3. The summed E-state index contributed by atoms with van der Waals surface area (Å²) < 4.78 is 0. The third-order valence-corrected chi connectivity index (χ3v) is 4.10. The summed E-state index contributed by atoms with van der Waals surface area (Å²) in [5, 5.41) is 2.98. The van der Waals surface area contributed by atoms with Crippen LogP contribution < -0.4 is 5.32 Å². The number of allylic oxidation sites excluding steroid dienone is 1. The molecule has 0 radical (unpaired) electrons. The quantitative estimate of drug-likeness (QED) is 0.757. The molecular weight excluding hydrogens is 212 g/mol. The molecule has 0 bridgehead atoms. The van der Waals surface area contributed by atoms with Crippen molar-refractivity contribution >= 4 is 5.91 Å². The van der Waals surface area contributed by atoms with Gasteiger partial charge in [-0.3, -0.25) is 9.69 Å². The lowest BCUT2D eigenvalue weighted by Gasteiger charge is -2.37. The molecule has 0 unspecified atom stereocenters. The molecule has 2 saturated heterocycles. The average Bonchev–Trinajstić information content (AvgIpc) is 2.69. The zero-order valence-corrected chi connectivity index (χ0v) is 10.9. The van der Waals surface area contributed by atoms with E-state index in [0.717, 1.165) is 32.6 Å². The summed E-state index contributed by atoms with van der Waals surface area (Å²) in [6, 6.07) is 0. The van der Waals surface area contributed by atoms with Crippen LogP contribution in [0.4, 0.5) is 0 Å². The van der Waals surface area contributed by atoms with Crippen molar-refractivity contribution in [1.29, 1.82) is 0 Å². The van der Waals surface area contributed by atoms with Crippen LogP contribution in [0.3, 0.4) is 0 Å². The standard InChI is InChI=1S/C14H24N2O/c1-2-3-4-5-8-16-9-6-14(7-10-16)11-13(17)15-12-14/h4-5H,2-3,6-12H2,1H3,(H,15,17)/b5-4+. The number of carbonyl (C=O) groups excluding carboxylic acids is 1. The topological polar surface area (TPSA) is 32.3 Å². The van der Waals surface area contributed by atoms with Gasteiger partial charge in [-0.1, -0.05) is 25.5 Å². The van der Waals surface area contributed by atoms with E-state index < -0.39 is 0 Å². The van der Waals surface area contributed by atoms with E-state index in [4.69, 9.17) is 0 Å². The van der Waals surface area contributed by atoms with Gasteiger partial charge in [-0.05, 0) is 37.8 Å². The zero-order valence-electron chi connectivity index (χ0n) is 10.9. The van der Waals surface area contributed by atoms with Crippen LogP contribution in [0.5, 0.6) is 0 Å². The van der Waals surface area contributed by atoms with Gasteiger partial charge in [0.25, 0.3) is 0 Å². The van der Waals surface area contributed by atoms with E-state index in [2.05, 4.69) is 29.3 Å². The van der Waals surface area contributed by atoms with Crippen LogP contribution >= 0.6 is 0 Å². The van der Waals surface area contributed by atoms with E-state index in [1.807, 2.05) is 0 Å². The van der Waals surface area contributed by atoms with Gasteiger partial charge in [-0.25, -0.2) is 0 Å². The van der Waals surface area contributed by atoms with Crippen LogP contribution in [0, 0.1) is 5.41 Å². The highest BCUT2D eigenvalue weighted by molar-refractivity contribution is 5.79. The van der Waals surface area contributed by atoms with Crippen molar-refractivity contribution in [2.75, 3.05) is 26.2 Å². The summed E-state index contributed by atoms with van der Waals surface area (Å²) in [6.07, 6.45) is 10.1. The number of likely N-dealkylation sites (tertiary alicyclic amines) is 1. The van der Waals surface area contributed by atoms with Gasteiger partial charge < -0.3 is 5.32 Å². The maximum Gasteiger partial charge on any atom is 0.220 e. The van der Waals surface area contributed by atoms with Gasteiger partial charge in [0.2, 0.25) is 5.91 Å². The van der Waals surface area contributed by atoms with Crippen LogP contribution in [0.25, 0.3) is 0 Å². The molecule has 0 aliphatic carbocycles. The fourth-order valence-corrected chi connectivity index (χ4v) is 2.82. The number of nitrogens with zero attached hydrogens (tertiary/aromatic N) is 1. The number of unbranched alkanes of at least 4 members (excludes halogenated alkanes) is 1. The molecule has 2 fully saturated rings. The van der Waals surface area contributed by atoms with Gasteiger partial charge in [0.1, 0.15) is 0 Å². The second-order valence-electron chi connectivity index (χ2n) is 5.51. The highest BCUT2D eigenvalue weighted by Gasteiger charge is 2.40. The number of nitrogens with one attached hydrogen (secondary N) is 1. The number of carbonyl (C=O) groups is 1. The first-order valence-corrected chi connectivity index (χ1v) is 6.88. The van der Waals surface area contributed by atoms with Crippen molar-refractivity contribution in [2.24, 2.45) is 5.41 Å². The Bertz CT molecular complexity index is 291. The van der Waals surface area contributed by atoms with Gasteiger partial charge in [-0.2, -0.15) is 0 Å². The molecular formula is C14H24N2O. The summed E-state index contributed by atoms with van der Waals surface area (Å²) in [5.41, 5.74) is 0.292. The van der Waals surface area contributed by atoms with Crippen molar-refractivity contribution in [3.63, 3.8) is 0 Å². The first-order chi connectivity index (χ1) is 8.24. The lowest BCUT2D eigenvalue weighted by molar-refractivity contribution is -0.119. The highest BCUT2D eigenvalue weighted by Crippen LogP contribution is 2.37. The Kier molecular flexibility index (Phi) is 4.21. The second-order valence-corrected chi connectivity index (χ2v) is 5.51. The average molecular weight is 236 g/mol. The molecule has 3 heteroatoms. The SMILES string of the molecule is CCC/C=C/CN1CCC2(CC1)CNC(=O)C2. The number of hydrogen-bond donors (Lipinski definition) is 1. The number of rotatable bonds is 4. The molecule has 0 saturated carbocycles. The predicted molar refractivity (Wildman–Crippen MR) is 69.8 cm³/mol. The molecule has 96 valence electrons. The first kappa shape index (κ1) is 12.6. The maximum atomic E-state index is 11.3. The Balaban J connectivity index is 1.73. The van der Waals surface area contributed by atoms with Crippen molar-refractivity contribution < 1.29 is 4.79 Å². The molecule has 0 aromatic carbocycles. The van der Waals surface area contributed by atoms with E-state index >= 15 is 0 Å². The Labute approximate surface area is 104 Å². The first-order valence-electron chi connectivity index (χ1n) is 6.88. The largest absolute Gasteiger partial charge is 0.356 e. The van der Waals surface area contributed by atoms with Gasteiger partial charge in [0.15, 0.2) is 0 Å². The van der Waals surface area contributed by atoms with Gasteiger partial charge >= 0.3 is 0 Å². The summed E-state index contributed by atoms with van der Waals surface area (Å²) in [5.74, 6) is 0.251. The molecule has 0 aromatic rings. The van der Waals surface area contributed by atoms with Crippen LogP contribution in [0.15, 0.2) is 12.2 Å². The summed E-state index contributed by atoms with van der Waals surface area (Å²) in [7, 11) is 0. The van der Waals surface area contributed by atoms with Crippen molar-refractivity contribution in [2.45, 2.75) is 39.0 Å². The normalized spacial score (nSPS) is 24.6. The highest BCUT2D eigenvalue weighted by atomic mass is 16.1. The minimum atomic E-state index is 0.251. The number of piperidine rings is 1. The lowest BCUT2D eigenvalue weighted by Crippen LogP contribution is -2.41. The smallest absolute Gasteiger partial charge is 0.220 e. The van der Waals surface area contributed by atoms with Crippen LogP contribution in [0.2, 0.25) is 0 Å². The van der Waals surface area contributed by atoms with Gasteiger partial charge in [0.05, 0.1) is 0 Å². The molecule has 1 amide bonds. The fraction of sp³-hybridized carbons (Fsp3) is 0.786. The molecule has 0 aromatic heterocycles. The second kappa shape index (κ2) is 5.67. The minimum Gasteiger partial charge on any atom is -0.356 e. The Morgan fingerprint density at radius 3 is 2.71 bits per heavy atom. The molecule has 0 atom stereocenters. The molecule has 2 rings (SSSR count). The lowest BCUT2D eigenvalue weighted by atomic mass is 9.78. The monoisotopic (exact) mass is 236 g/mol. The minimum absolute atomic E-state index is 0.251. The fourth-order valence-electron chi connectivity index (χ4n) is 2.82. The molecule has 3 nitrogen and oxygen atoms in total. The summed E-state index contributed by atoms with van der Waals surface area (Å²) >= 11 is 0. The Morgan fingerprint density at radius 2 is 2.12 bits per heavy atom. The molecule has 2 aliphatic rings. The number of amides is 1. The number of hydrogen-bond acceptors (Lipinski definition) is 2. The van der Waals surface area contributed by atoms with E-state index in [9.17, 15) is 4.79 Å². The molecule has 2 heterocycles. The molecule has 1 N–H and O–H groups in total. The Hall–Kier alpha value is -0.830. The molecule has 17 heavy (non-hydrogen) atoms. The van der Waals surface area contributed by atoms with E-state index in [1.54, 1.807) is 0 Å². The van der Waals surface area contributed by atoms with E-state index in [-0.39, 0.29) is 5.91 Å². The van der Waals surface area contributed by atoms with Crippen LogP contribution in [0.1, 0.15) is 39.0 Å². The van der Waals surface area contributed by atoms with E-state index in [1.165, 1.54) is 25.7 Å².